The van der Waals surface area contributed by atoms with Crippen molar-refractivity contribution in [3.63, 3.8) is 0 Å². The van der Waals surface area contributed by atoms with Crippen molar-refractivity contribution < 1.29 is 9.16 Å². The zero-order valence-electron chi connectivity index (χ0n) is 11.5. The first-order chi connectivity index (χ1) is 7.83. The quantitative estimate of drug-likeness (QED) is 0.337. The molecule has 0 radical (unpaired) electrons. The molecular formula is C14H34O2Si. The molecule has 0 aromatic carbocycles. The van der Waals surface area contributed by atoms with Crippen LogP contribution in [0.15, 0.2) is 12.7 Å². The summed E-state index contributed by atoms with van der Waals surface area (Å²) in [6.45, 7) is 9.57. The van der Waals surface area contributed by atoms with Gasteiger partial charge in [-0.25, -0.2) is 0 Å². The molecule has 0 spiro atoms. The lowest BCUT2D eigenvalue weighted by atomic mass is 10.2. The third-order valence-corrected chi connectivity index (χ3v) is 3.03. The Hall–Kier alpha value is -0.123. The molecule has 0 saturated carbocycles. The molecule has 0 aromatic heterocycles. The minimum absolute atomic E-state index is 0. The van der Waals surface area contributed by atoms with Gasteiger partial charge in [-0.3, -0.25) is 0 Å². The maximum Gasteiger partial charge on any atom is 0.161 e. The van der Waals surface area contributed by atoms with E-state index >= 15 is 0 Å². The van der Waals surface area contributed by atoms with E-state index in [1.165, 1.54) is 38.1 Å². The van der Waals surface area contributed by atoms with Crippen LogP contribution in [0.2, 0.25) is 6.04 Å². The summed E-state index contributed by atoms with van der Waals surface area (Å²) in [7, 11) is 1.51. The van der Waals surface area contributed by atoms with E-state index in [0.29, 0.717) is 0 Å². The number of hydrogen-bond acceptors (Lipinski definition) is 2. The molecule has 3 heteroatoms. The van der Waals surface area contributed by atoms with Gasteiger partial charge in [0.15, 0.2) is 9.76 Å². The van der Waals surface area contributed by atoms with E-state index < -0.39 is 0 Å². The molecule has 0 rings (SSSR count). The summed E-state index contributed by atoms with van der Waals surface area (Å²) in [5.41, 5.74) is 0. The summed E-state index contributed by atoms with van der Waals surface area (Å²) in [5.74, 6) is 0. The summed E-state index contributed by atoms with van der Waals surface area (Å²) in [4.78, 5) is 0. The summed E-state index contributed by atoms with van der Waals surface area (Å²) < 4.78 is 10.0. The van der Waals surface area contributed by atoms with Gasteiger partial charge in [0.25, 0.3) is 0 Å². The van der Waals surface area contributed by atoms with Gasteiger partial charge in [0.2, 0.25) is 0 Å². The molecule has 0 aliphatic carbocycles. The molecule has 0 aliphatic heterocycles. The van der Waals surface area contributed by atoms with Gasteiger partial charge in [0.05, 0.1) is 13.2 Å². The van der Waals surface area contributed by atoms with Crippen LogP contribution in [-0.4, -0.2) is 30.1 Å². The number of hydrogen-bond donors (Lipinski definition) is 0. The van der Waals surface area contributed by atoms with Crippen molar-refractivity contribution >= 4 is 9.76 Å². The summed E-state index contributed by atoms with van der Waals surface area (Å²) in [6, 6.07) is 1.23. The molecule has 0 unspecified atom stereocenters. The Kier molecular flexibility index (Phi) is 32.4. The lowest BCUT2D eigenvalue weighted by Gasteiger charge is -1.98. The monoisotopic (exact) mass is 262 g/mol. The smallest absolute Gasteiger partial charge is 0.161 e. The lowest BCUT2D eigenvalue weighted by molar-refractivity contribution is 0.149. The summed E-state index contributed by atoms with van der Waals surface area (Å²) in [5, 5.41) is 0. The minimum Gasteiger partial charge on any atom is -0.422 e. The standard InChI is InChI=1S/C8H16.C5H14O2Si.CH4/c1-3-5-7-8-6-4-2;1-3-8-7-5-4-6-2;/h3H,1,4-8H2,2H3;3-5,8H2,1-2H3;1H4. The van der Waals surface area contributed by atoms with Gasteiger partial charge in [0, 0.05) is 7.11 Å². The average molecular weight is 263 g/mol. The van der Waals surface area contributed by atoms with Gasteiger partial charge in [0.1, 0.15) is 0 Å². The van der Waals surface area contributed by atoms with Crippen LogP contribution in [-0.2, 0) is 9.16 Å². The van der Waals surface area contributed by atoms with Gasteiger partial charge in [-0.2, -0.15) is 0 Å². The molecule has 0 bridgehead atoms. The largest absolute Gasteiger partial charge is 0.422 e. The van der Waals surface area contributed by atoms with Crippen molar-refractivity contribution in [2.24, 2.45) is 0 Å². The Balaban J connectivity index is -0.000000218. The predicted molar refractivity (Wildman–Crippen MR) is 82.5 cm³/mol. The highest BCUT2D eigenvalue weighted by atomic mass is 28.2. The van der Waals surface area contributed by atoms with Crippen LogP contribution in [0.3, 0.4) is 0 Å². The van der Waals surface area contributed by atoms with Crippen molar-refractivity contribution in [3.8, 4) is 0 Å². The zero-order valence-corrected chi connectivity index (χ0v) is 12.9. The Bertz CT molecular complexity index is 113. The first-order valence-corrected chi connectivity index (χ1v) is 8.08. The molecule has 0 aliphatic rings. The van der Waals surface area contributed by atoms with E-state index in [4.69, 9.17) is 9.16 Å². The SMILES string of the molecule is C.C=CCCCCCC.CC[SiH2]OCCOC. The molecule has 106 valence electrons. The van der Waals surface area contributed by atoms with Crippen LogP contribution in [0, 0.1) is 0 Å². The fraction of sp³-hybridized carbons (Fsp3) is 0.857. The van der Waals surface area contributed by atoms with Gasteiger partial charge < -0.3 is 9.16 Å². The first kappa shape index (κ1) is 22.1. The lowest BCUT2D eigenvalue weighted by Crippen LogP contribution is -2.04. The Morgan fingerprint density at radius 2 is 1.82 bits per heavy atom. The zero-order chi connectivity index (χ0) is 12.5. The van der Waals surface area contributed by atoms with E-state index in [9.17, 15) is 0 Å². The van der Waals surface area contributed by atoms with E-state index in [1.807, 2.05) is 6.08 Å². The van der Waals surface area contributed by atoms with Gasteiger partial charge >= 0.3 is 0 Å². The highest BCUT2D eigenvalue weighted by Crippen LogP contribution is 2.01. The third-order valence-electron chi connectivity index (χ3n) is 2.04. The molecule has 0 atom stereocenters. The van der Waals surface area contributed by atoms with E-state index in [0.717, 1.165) is 13.2 Å². The van der Waals surface area contributed by atoms with Crippen molar-refractivity contribution in [2.75, 3.05) is 20.3 Å². The van der Waals surface area contributed by atoms with Crippen LogP contribution in [0.1, 0.15) is 53.4 Å². The van der Waals surface area contributed by atoms with E-state index in [-0.39, 0.29) is 17.2 Å². The van der Waals surface area contributed by atoms with Crippen LogP contribution in [0.5, 0.6) is 0 Å². The molecule has 0 aromatic rings. The average Bonchev–Trinajstić information content (AvgIpc) is 2.31. The van der Waals surface area contributed by atoms with Crippen LogP contribution in [0.25, 0.3) is 0 Å². The molecule has 2 nitrogen and oxygen atoms in total. The van der Waals surface area contributed by atoms with Gasteiger partial charge in [-0.05, 0) is 18.9 Å². The second-order valence-electron chi connectivity index (χ2n) is 3.74. The van der Waals surface area contributed by atoms with Crippen molar-refractivity contribution in [2.45, 2.75) is 59.4 Å². The van der Waals surface area contributed by atoms with Crippen molar-refractivity contribution in [3.05, 3.63) is 12.7 Å². The first-order valence-electron chi connectivity index (χ1n) is 6.50. The van der Waals surface area contributed by atoms with E-state index in [2.05, 4.69) is 20.4 Å². The van der Waals surface area contributed by atoms with E-state index in [1.54, 1.807) is 7.11 Å². The molecule has 0 heterocycles. The van der Waals surface area contributed by atoms with Crippen LogP contribution < -0.4 is 0 Å². The molecular weight excluding hydrogens is 228 g/mol. The predicted octanol–water partition coefficient (Wildman–Crippen LogP) is 3.95. The number of unbranched alkanes of at least 4 members (excludes halogenated alkanes) is 4. The fourth-order valence-electron chi connectivity index (χ4n) is 1.10. The second kappa shape index (κ2) is 24.9. The number of rotatable bonds is 10. The molecule has 0 fully saturated rings. The number of methoxy groups -OCH3 is 1. The van der Waals surface area contributed by atoms with Crippen molar-refractivity contribution in [1.82, 2.24) is 0 Å². The summed E-state index contributed by atoms with van der Waals surface area (Å²) >= 11 is 0. The summed E-state index contributed by atoms with van der Waals surface area (Å²) in [6.07, 6.45) is 8.61. The molecule has 0 saturated heterocycles. The Morgan fingerprint density at radius 3 is 2.29 bits per heavy atom. The van der Waals surface area contributed by atoms with Gasteiger partial charge in [-0.1, -0.05) is 46.6 Å². The fourth-order valence-corrected chi connectivity index (χ4v) is 1.71. The molecule has 0 N–H and O–H groups in total. The Labute approximate surface area is 112 Å². The minimum atomic E-state index is -0.179. The third kappa shape index (κ3) is 31.3. The van der Waals surface area contributed by atoms with Crippen LogP contribution in [0.4, 0.5) is 0 Å². The number of ether oxygens (including phenoxy) is 1. The maximum atomic E-state index is 5.24. The molecule has 0 amide bonds. The normalized spacial score (nSPS) is 9.59. The highest BCUT2D eigenvalue weighted by molar-refractivity contribution is 6.26. The van der Waals surface area contributed by atoms with Gasteiger partial charge in [-0.15, -0.1) is 6.58 Å². The highest BCUT2D eigenvalue weighted by Gasteiger charge is 1.83. The Morgan fingerprint density at radius 1 is 1.12 bits per heavy atom. The molecule has 17 heavy (non-hydrogen) atoms. The second-order valence-corrected chi connectivity index (χ2v) is 5.56. The van der Waals surface area contributed by atoms with Crippen molar-refractivity contribution in [1.29, 1.82) is 0 Å². The topological polar surface area (TPSA) is 18.5 Å². The number of allylic oxidation sites excluding steroid dienone is 1. The maximum absolute atomic E-state index is 5.24. The van der Waals surface area contributed by atoms with Crippen LogP contribution >= 0.6 is 0 Å².